The molecule has 2 N–H and O–H groups in total. The van der Waals surface area contributed by atoms with Crippen LogP contribution in [0.15, 0.2) is 30.6 Å². The Morgan fingerprint density at radius 2 is 1.93 bits per heavy atom. The molecule has 2 aromatic heterocycles. The molecule has 0 aliphatic heterocycles. The van der Waals surface area contributed by atoms with Crippen molar-refractivity contribution in [2.45, 2.75) is 52.0 Å². The molecular weight excluding hydrogens is 424 g/mol. The Bertz CT molecular complexity index is 928. The summed E-state index contributed by atoms with van der Waals surface area (Å²) in [7, 11) is 0. The van der Waals surface area contributed by atoms with Gasteiger partial charge >= 0.3 is 6.09 Å². The minimum absolute atomic E-state index is 0.160. The third-order valence-corrected chi connectivity index (χ3v) is 5.50. The number of amides is 2. The van der Waals surface area contributed by atoms with Crippen molar-refractivity contribution in [2.75, 3.05) is 5.32 Å². The van der Waals surface area contributed by atoms with Crippen molar-refractivity contribution in [3.63, 3.8) is 0 Å². The minimum atomic E-state index is -0.581. The number of halogens is 1. The Labute approximate surface area is 184 Å². The summed E-state index contributed by atoms with van der Waals surface area (Å²) in [6, 6.07) is 3.30. The molecular formula is C21H25ClN4O3S. The first-order valence-corrected chi connectivity index (χ1v) is 11.0. The summed E-state index contributed by atoms with van der Waals surface area (Å²) >= 11 is 7.11. The Morgan fingerprint density at radius 1 is 1.20 bits per heavy atom. The van der Waals surface area contributed by atoms with E-state index in [4.69, 9.17) is 16.3 Å². The number of thiazole rings is 1. The summed E-state index contributed by atoms with van der Waals surface area (Å²) in [5, 5.41) is 5.95. The smallest absolute Gasteiger partial charge is 0.391 e. The summed E-state index contributed by atoms with van der Waals surface area (Å²) in [5.41, 5.74) is 0.752. The van der Waals surface area contributed by atoms with Gasteiger partial charge in [0, 0.05) is 28.9 Å². The Hall–Kier alpha value is -2.45. The van der Waals surface area contributed by atoms with Gasteiger partial charge in [-0.1, -0.05) is 41.9 Å². The molecule has 2 amide bonds. The summed E-state index contributed by atoms with van der Waals surface area (Å²) in [6.07, 6.45) is 8.89. The van der Waals surface area contributed by atoms with Crippen molar-refractivity contribution in [3.05, 3.63) is 40.5 Å². The van der Waals surface area contributed by atoms with Gasteiger partial charge in [-0.25, -0.2) is 14.8 Å². The van der Waals surface area contributed by atoms with Crippen LogP contribution in [-0.4, -0.2) is 27.5 Å². The van der Waals surface area contributed by atoms with Gasteiger partial charge in [0.1, 0.15) is 4.34 Å². The molecule has 3 rings (SSSR count). The number of carbonyl (C=O) groups is 2. The number of nitrogens with one attached hydrogen (secondary N) is 2. The predicted molar refractivity (Wildman–Crippen MR) is 119 cm³/mol. The second-order valence-electron chi connectivity index (χ2n) is 8.20. The molecule has 0 saturated heterocycles. The molecule has 1 saturated carbocycles. The van der Waals surface area contributed by atoms with Gasteiger partial charge in [0.2, 0.25) is 5.88 Å². The van der Waals surface area contributed by atoms with Gasteiger partial charge in [-0.05, 0) is 45.6 Å². The van der Waals surface area contributed by atoms with Crippen molar-refractivity contribution in [2.24, 2.45) is 5.92 Å². The number of pyridine rings is 1. The first-order chi connectivity index (χ1) is 14.2. The van der Waals surface area contributed by atoms with E-state index in [1.54, 1.807) is 12.1 Å². The van der Waals surface area contributed by atoms with E-state index >= 15 is 0 Å². The molecule has 2 aromatic rings. The average Bonchev–Trinajstić information content (AvgIpc) is 3.30. The van der Waals surface area contributed by atoms with Crippen LogP contribution >= 0.6 is 22.9 Å². The lowest BCUT2D eigenvalue weighted by Gasteiger charge is -2.19. The molecule has 1 aliphatic carbocycles. The molecule has 0 radical (unpaired) electrons. The van der Waals surface area contributed by atoms with Crippen LogP contribution in [-0.2, 0) is 4.79 Å². The molecule has 0 spiro atoms. The zero-order chi connectivity index (χ0) is 21.7. The fourth-order valence-corrected chi connectivity index (χ4v) is 3.97. The predicted octanol–water partition coefficient (Wildman–Crippen LogP) is 5.29. The summed E-state index contributed by atoms with van der Waals surface area (Å²) in [5.74, 6) is 0.237. The summed E-state index contributed by atoms with van der Waals surface area (Å²) < 4.78 is 5.72. The van der Waals surface area contributed by atoms with Crippen LogP contribution in [0.1, 0.15) is 52.0 Å². The van der Waals surface area contributed by atoms with Gasteiger partial charge in [0.25, 0.3) is 5.91 Å². The highest BCUT2D eigenvalue weighted by atomic mass is 35.5. The SMILES string of the molecule is CC(C)(C)NC(=O)Oc1ccc(C(=CC2CCCC2)C(=O)Nc2ncc(Cl)s2)cn1. The number of aromatic nitrogens is 2. The van der Waals surface area contributed by atoms with Crippen LogP contribution in [0, 0.1) is 5.92 Å². The first kappa shape index (κ1) is 22.2. The summed E-state index contributed by atoms with van der Waals surface area (Å²) in [4.78, 5) is 33.2. The van der Waals surface area contributed by atoms with Crippen LogP contribution in [0.2, 0.25) is 4.34 Å². The number of nitrogens with zero attached hydrogens (tertiary/aromatic N) is 2. The van der Waals surface area contributed by atoms with Gasteiger partial charge in [-0.2, -0.15) is 0 Å². The van der Waals surface area contributed by atoms with Crippen molar-refractivity contribution in [1.29, 1.82) is 0 Å². The van der Waals surface area contributed by atoms with E-state index in [-0.39, 0.29) is 11.8 Å². The maximum absolute atomic E-state index is 13.0. The third kappa shape index (κ3) is 6.53. The molecule has 1 fully saturated rings. The minimum Gasteiger partial charge on any atom is -0.391 e. The van der Waals surface area contributed by atoms with E-state index in [2.05, 4.69) is 20.6 Å². The quantitative estimate of drug-likeness (QED) is 0.606. The van der Waals surface area contributed by atoms with E-state index in [1.807, 2.05) is 26.8 Å². The Morgan fingerprint density at radius 3 is 2.50 bits per heavy atom. The molecule has 9 heteroatoms. The first-order valence-electron chi connectivity index (χ1n) is 9.80. The molecule has 1 aliphatic rings. The van der Waals surface area contributed by atoms with Crippen molar-refractivity contribution < 1.29 is 14.3 Å². The van der Waals surface area contributed by atoms with E-state index in [1.165, 1.54) is 23.7 Å². The zero-order valence-corrected chi connectivity index (χ0v) is 18.8. The fraction of sp³-hybridized carbons (Fsp3) is 0.429. The van der Waals surface area contributed by atoms with Crippen molar-refractivity contribution >= 4 is 45.6 Å². The molecule has 0 unspecified atom stereocenters. The second kappa shape index (κ2) is 9.57. The fourth-order valence-electron chi connectivity index (χ4n) is 3.17. The van der Waals surface area contributed by atoms with Crippen LogP contribution in [0.4, 0.5) is 9.93 Å². The molecule has 160 valence electrons. The highest BCUT2D eigenvalue weighted by Gasteiger charge is 2.20. The maximum Gasteiger partial charge on any atom is 0.414 e. The number of allylic oxidation sites excluding steroid dienone is 1. The second-order valence-corrected chi connectivity index (χ2v) is 9.86. The third-order valence-electron chi connectivity index (χ3n) is 4.47. The zero-order valence-electron chi connectivity index (χ0n) is 17.2. The lowest BCUT2D eigenvalue weighted by Crippen LogP contribution is -2.42. The number of hydrogen-bond acceptors (Lipinski definition) is 6. The lowest BCUT2D eigenvalue weighted by atomic mass is 9.99. The molecule has 0 aromatic carbocycles. The van der Waals surface area contributed by atoms with E-state index < -0.39 is 11.6 Å². The summed E-state index contributed by atoms with van der Waals surface area (Å²) in [6.45, 7) is 5.58. The standard InChI is InChI=1S/C21H25ClN4O3S/c1-21(2,3)26-20(28)29-17-9-8-14(11-23-17)15(10-13-6-4-5-7-13)18(27)25-19-24-12-16(22)30-19/h8-13H,4-7H2,1-3H3,(H,26,28)(H,24,25,27). The van der Waals surface area contributed by atoms with E-state index in [0.29, 0.717) is 26.5 Å². The van der Waals surface area contributed by atoms with Crippen LogP contribution in [0.3, 0.4) is 0 Å². The Balaban J connectivity index is 1.77. The molecule has 30 heavy (non-hydrogen) atoms. The highest BCUT2D eigenvalue weighted by molar-refractivity contribution is 7.19. The van der Waals surface area contributed by atoms with Crippen LogP contribution in [0.5, 0.6) is 5.88 Å². The molecule has 0 bridgehead atoms. The largest absolute Gasteiger partial charge is 0.414 e. The normalized spacial score (nSPS) is 15.1. The van der Waals surface area contributed by atoms with Crippen molar-refractivity contribution in [1.82, 2.24) is 15.3 Å². The van der Waals surface area contributed by atoms with E-state index in [0.717, 1.165) is 25.7 Å². The van der Waals surface area contributed by atoms with Crippen molar-refractivity contribution in [3.8, 4) is 5.88 Å². The van der Waals surface area contributed by atoms with Gasteiger partial charge in [0.05, 0.1) is 6.20 Å². The van der Waals surface area contributed by atoms with Gasteiger partial charge in [0.15, 0.2) is 5.13 Å². The van der Waals surface area contributed by atoms with Gasteiger partial charge in [-0.3, -0.25) is 10.1 Å². The van der Waals surface area contributed by atoms with Crippen LogP contribution in [0.25, 0.3) is 5.57 Å². The molecule has 0 atom stereocenters. The topological polar surface area (TPSA) is 93.2 Å². The average molecular weight is 449 g/mol. The van der Waals surface area contributed by atoms with Gasteiger partial charge in [-0.15, -0.1) is 0 Å². The maximum atomic E-state index is 13.0. The number of hydrogen-bond donors (Lipinski definition) is 2. The number of carbonyl (C=O) groups excluding carboxylic acids is 2. The number of rotatable bonds is 5. The van der Waals surface area contributed by atoms with Gasteiger partial charge < -0.3 is 10.1 Å². The highest BCUT2D eigenvalue weighted by Crippen LogP contribution is 2.30. The number of ether oxygens (including phenoxy) is 1. The lowest BCUT2D eigenvalue weighted by molar-refractivity contribution is -0.111. The monoisotopic (exact) mass is 448 g/mol. The molecule has 2 heterocycles. The van der Waals surface area contributed by atoms with E-state index in [9.17, 15) is 9.59 Å². The molecule has 7 nitrogen and oxygen atoms in total. The Kier molecular flexibility index (Phi) is 7.10. The number of anilines is 1. The van der Waals surface area contributed by atoms with Crippen LogP contribution < -0.4 is 15.4 Å².